The Kier molecular flexibility index (Phi) is 5.41. The van der Waals surface area contributed by atoms with Gasteiger partial charge >= 0.3 is 0 Å². The number of rotatable bonds is 4. The van der Waals surface area contributed by atoms with Gasteiger partial charge in [0.15, 0.2) is 0 Å². The predicted molar refractivity (Wildman–Crippen MR) is 76.6 cm³/mol. The van der Waals surface area contributed by atoms with Crippen molar-refractivity contribution in [2.45, 2.75) is 5.92 Å². The molecule has 1 atom stereocenters. The van der Waals surface area contributed by atoms with Gasteiger partial charge in [-0.1, -0.05) is 24.3 Å². The Hall–Kier alpha value is -1.29. The largest absolute Gasteiger partial charge is 0.497 e. The van der Waals surface area contributed by atoms with Crippen molar-refractivity contribution in [1.82, 2.24) is 0 Å². The van der Waals surface area contributed by atoms with E-state index >= 15 is 0 Å². The van der Waals surface area contributed by atoms with Crippen LogP contribution in [0.25, 0.3) is 10.8 Å². The highest BCUT2D eigenvalue weighted by molar-refractivity contribution is 5.87. The molecule has 0 amide bonds. The molecule has 0 saturated carbocycles. The number of hydrogen-bond donors (Lipinski definition) is 2. The number of ether oxygens (including phenoxy) is 1. The molecule has 2 aromatic rings. The Bertz CT molecular complexity index is 512. The van der Waals surface area contributed by atoms with Gasteiger partial charge in [0, 0.05) is 12.5 Å². The van der Waals surface area contributed by atoms with Crippen LogP contribution in [0.5, 0.6) is 5.75 Å². The van der Waals surface area contributed by atoms with Crippen LogP contribution in [0.2, 0.25) is 0 Å². The highest BCUT2D eigenvalue weighted by Gasteiger charge is 2.12. The molecule has 0 saturated heterocycles. The van der Waals surface area contributed by atoms with Crippen molar-refractivity contribution in [2.24, 2.45) is 5.73 Å². The maximum Gasteiger partial charge on any atom is 0.119 e. The van der Waals surface area contributed by atoms with Gasteiger partial charge in [-0.05, 0) is 28.5 Å². The lowest BCUT2D eigenvalue weighted by Gasteiger charge is -2.15. The SMILES string of the molecule is COc1ccc2cccc(C(CN)CO)c2c1.Cl. The van der Waals surface area contributed by atoms with Crippen molar-refractivity contribution in [3.63, 3.8) is 0 Å². The van der Waals surface area contributed by atoms with E-state index in [1.54, 1.807) is 7.11 Å². The topological polar surface area (TPSA) is 55.5 Å². The average Bonchev–Trinajstić information content (AvgIpc) is 2.40. The zero-order chi connectivity index (χ0) is 12.3. The van der Waals surface area contributed by atoms with Gasteiger partial charge in [0.25, 0.3) is 0 Å². The molecule has 0 heterocycles. The van der Waals surface area contributed by atoms with Gasteiger partial charge in [0.05, 0.1) is 13.7 Å². The second-order valence-electron chi connectivity index (χ2n) is 4.05. The van der Waals surface area contributed by atoms with E-state index in [4.69, 9.17) is 10.5 Å². The summed E-state index contributed by atoms with van der Waals surface area (Å²) in [5.41, 5.74) is 6.76. The van der Waals surface area contributed by atoms with Gasteiger partial charge in [-0.2, -0.15) is 0 Å². The summed E-state index contributed by atoms with van der Waals surface area (Å²) in [4.78, 5) is 0. The molecule has 0 radical (unpaired) electrons. The van der Waals surface area contributed by atoms with Crippen molar-refractivity contribution in [3.8, 4) is 5.75 Å². The number of aliphatic hydroxyl groups excluding tert-OH is 1. The zero-order valence-corrected chi connectivity index (χ0v) is 11.1. The van der Waals surface area contributed by atoms with E-state index in [-0.39, 0.29) is 24.9 Å². The van der Waals surface area contributed by atoms with Crippen LogP contribution in [0.3, 0.4) is 0 Å². The van der Waals surface area contributed by atoms with E-state index < -0.39 is 0 Å². The maximum absolute atomic E-state index is 9.35. The van der Waals surface area contributed by atoms with Crippen LogP contribution in [-0.4, -0.2) is 25.4 Å². The molecule has 0 aliphatic carbocycles. The second-order valence-corrected chi connectivity index (χ2v) is 4.05. The summed E-state index contributed by atoms with van der Waals surface area (Å²) < 4.78 is 5.23. The average molecular weight is 268 g/mol. The summed E-state index contributed by atoms with van der Waals surface area (Å²) in [5, 5.41) is 11.6. The van der Waals surface area contributed by atoms with Crippen LogP contribution in [0.4, 0.5) is 0 Å². The molecule has 98 valence electrons. The molecule has 0 spiro atoms. The van der Waals surface area contributed by atoms with Gasteiger partial charge in [0.2, 0.25) is 0 Å². The smallest absolute Gasteiger partial charge is 0.119 e. The monoisotopic (exact) mass is 267 g/mol. The van der Waals surface area contributed by atoms with E-state index in [2.05, 4.69) is 0 Å². The molecule has 0 aliphatic heterocycles. The first kappa shape index (κ1) is 14.8. The Balaban J connectivity index is 0.00000162. The normalized spacial score (nSPS) is 11.9. The molecule has 3 N–H and O–H groups in total. The standard InChI is InChI=1S/C14H17NO2.ClH/c1-17-12-6-5-10-3-2-4-13(14(10)7-12)11(8-15)9-16;/h2-7,11,16H,8-9,15H2,1H3;1H. The van der Waals surface area contributed by atoms with E-state index in [1.165, 1.54) is 0 Å². The molecule has 0 fully saturated rings. The highest BCUT2D eigenvalue weighted by Crippen LogP contribution is 2.28. The van der Waals surface area contributed by atoms with Crippen LogP contribution < -0.4 is 10.5 Å². The minimum absolute atomic E-state index is 0. The highest BCUT2D eigenvalue weighted by atomic mass is 35.5. The molecular weight excluding hydrogens is 250 g/mol. The summed E-state index contributed by atoms with van der Waals surface area (Å²) in [7, 11) is 1.65. The Labute approximate surface area is 113 Å². The number of methoxy groups -OCH3 is 1. The number of fused-ring (bicyclic) bond motifs is 1. The lowest BCUT2D eigenvalue weighted by Crippen LogP contribution is -2.16. The van der Waals surface area contributed by atoms with Gasteiger partial charge in [-0.3, -0.25) is 0 Å². The van der Waals surface area contributed by atoms with E-state index in [0.29, 0.717) is 6.54 Å². The van der Waals surface area contributed by atoms with E-state index in [1.807, 2.05) is 36.4 Å². The summed E-state index contributed by atoms with van der Waals surface area (Å²) in [6.45, 7) is 0.500. The number of nitrogens with two attached hydrogens (primary N) is 1. The maximum atomic E-state index is 9.35. The summed E-state index contributed by atoms with van der Waals surface area (Å²) in [5.74, 6) is 0.796. The van der Waals surface area contributed by atoms with Crippen molar-refractivity contribution < 1.29 is 9.84 Å². The fourth-order valence-electron chi connectivity index (χ4n) is 2.06. The second kappa shape index (κ2) is 6.59. The molecule has 0 bridgehead atoms. The molecule has 1 unspecified atom stereocenters. The van der Waals surface area contributed by atoms with E-state index in [9.17, 15) is 5.11 Å². The van der Waals surface area contributed by atoms with Crippen LogP contribution >= 0.6 is 12.4 Å². The quantitative estimate of drug-likeness (QED) is 0.894. The lowest BCUT2D eigenvalue weighted by atomic mass is 9.94. The predicted octanol–water partition coefficient (Wildman–Crippen LogP) is 2.30. The van der Waals surface area contributed by atoms with Gasteiger partial charge in [0.1, 0.15) is 5.75 Å². The molecule has 2 rings (SSSR count). The molecule has 4 heteroatoms. The number of halogens is 1. The molecule has 2 aromatic carbocycles. The van der Waals surface area contributed by atoms with Gasteiger partial charge < -0.3 is 15.6 Å². The van der Waals surface area contributed by atoms with Crippen molar-refractivity contribution >= 4 is 23.2 Å². The third kappa shape index (κ3) is 2.75. The molecule has 3 nitrogen and oxygen atoms in total. The first-order chi connectivity index (χ1) is 8.30. The Morgan fingerprint density at radius 2 is 2.06 bits per heavy atom. The van der Waals surface area contributed by atoms with Crippen molar-refractivity contribution in [1.29, 1.82) is 0 Å². The third-order valence-electron chi connectivity index (χ3n) is 3.07. The first-order valence-corrected chi connectivity index (χ1v) is 5.67. The summed E-state index contributed by atoms with van der Waals surface area (Å²) >= 11 is 0. The van der Waals surface area contributed by atoms with Crippen LogP contribution in [0, 0.1) is 0 Å². The molecule has 0 aromatic heterocycles. The number of aliphatic hydroxyl groups is 1. The molecule has 18 heavy (non-hydrogen) atoms. The minimum Gasteiger partial charge on any atom is -0.497 e. The fourth-order valence-corrected chi connectivity index (χ4v) is 2.06. The Morgan fingerprint density at radius 1 is 1.28 bits per heavy atom. The summed E-state index contributed by atoms with van der Waals surface area (Å²) in [6.07, 6.45) is 0. The number of benzene rings is 2. The lowest BCUT2D eigenvalue weighted by molar-refractivity contribution is 0.268. The van der Waals surface area contributed by atoms with Gasteiger partial charge in [-0.15, -0.1) is 12.4 Å². The Morgan fingerprint density at radius 3 is 2.67 bits per heavy atom. The van der Waals surface area contributed by atoms with Gasteiger partial charge in [-0.25, -0.2) is 0 Å². The van der Waals surface area contributed by atoms with Crippen molar-refractivity contribution in [2.75, 3.05) is 20.3 Å². The van der Waals surface area contributed by atoms with Crippen LogP contribution in [0.15, 0.2) is 36.4 Å². The fraction of sp³-hybridized carbons (Fsp3) is 0.286. The number of hydrogen-bond acceptors (Lipinski definition) is 3. The minimum atomic E-state index is -0.0224. The molecular formula is C14H18ClNO2. The van der Waals surface area contributed by atoms with Crippen molar-refractivity contribution in [3.05, 3.63) is 42.0 Å². The zero-order valence-electron chi connectivity index (χ0n) is 10.3. The first-order valence-electron chi connectivity index (χ1n) is 5.67. The van der Waals surface area contributed by atoms with Crippen LogP contribution in [0.1, 0.15) is 11.5 Å². The third-order valence-corrected chi connectivity index (χ3v) is 3.07. The van der Waals surface area contributed by atoms with E-state index in [0.717, 1.165) is 22.1 Å². The summed E-state index contributed by atoms with van der Waals surface area (Å²) in [6, 6.07) is 12.0. The van der Waals surface area contributed by atoms with Crippen LogP contribution in [-0.2, 0) is 0 Å². The molecule has 0 aliphatic rings.